The molecule has 0 fully saturated rings. The van der Waals surface area contributed by atoms with E-state index in [9.17, 15) is 13.6 Å². The molecular weight excluding hydrogens is 376 g/mol. The van der Waals surface area contributed by atoms with Crippen LogP contribution in [-0.2, 0) is 0 Å². The Morgan fingerprint density at radius 2 is 1.55 bits per heavy atom. The molecule has 5 nitrogen and oxygen atoms in total. The van der Waals surface area contributed by atoms with Crippen molar-refractivity contribution < 1.29 is 18.0 Å². The second-order valence-corrected chi connectivity index (χ2v) is 6.25. The Labute approximate surface area is 165 Å². The number of rotatable bonds is 5. The standard InChI is InChI=1S/C22H15F2N3O2/c23-16-12-10-14(11-13-16)20(28)25-19(17-8-4-5-9-18(17)24)22-27-26-21(29-22)15-6-2-1-3-7-15/h1-13,19H,(H,25,28). The Morgan fingerprint density at radius 3 is 2.28 bits per heavy atom. The zero-order valence-corrected chi connectivity index (χ0v) is 15.0. The third-order valence-electron chi connectivity index (χ3n) is 4.31. The maximum Gasteiger partial charge on any atom is 0.252 e. The SMILES string of the molecule is O=C(NC(c1nnc(-c2ccccc2)o1)c1ccccc1F)c1ccc(F)cc1. The number of carbonyl (C=O) groups is 1. The molecule has 1 unspecified atom stereocenters. The molecule has 1 aromatic heterocycles. The summed E-state index contributed by atoms with van der Waals surface area (Å²) < 4.78 is 33.3. The van der Waals surface area contributed by atoms with Crippen molar-refractivity contribution in [2.24, 2.45) is 0 Å². The topological polar surface area (TPSA) is 68.0 Å². The van der Waals surface area contributed by atoms with Gasteiger partial charge in [0, 0.05) is 16.7 Å². The number of nitrogens with zero attached hydrogens (tertiary/aromatic N) is 2. The van der Waals surface area contributed by atoms with Crippen LogP contribution in [0.15, 0.2) is 83.3 Å². The van der Waals surface area contributed by atoms with Gasteiger partial charge < -0.3 is 9.73 Å². The van der Waals surface area contributed by atoms with Crippen LogP contribution < -0.4 is 5.32 Å². The first-order chi connectivity index (χ1) is 14.1. The number of hydrogen-bond acceptors (Lipinski definition) is 4. The van der Waals surface area contributed by atoms with Crippen LogP contribution in [0.5, 0.6) is 0 Å². The van der Waals surface area contributed by atoms with E-state index < -0.39 is 23.6 Å². The molecule has 1 N–H and O–H groups in total. The number of halogens is 2. The summed E-state index contributed by atoms with van der Waals surface area (Å²) in [5.41, 5.74) is 1.09. The monoisotopic (exact) mass is 391 g/mol. The summed E-state index contributed by atoms with van der Waals surface area (Å²) in [6.45, 7) is 0. The zero-order chi connectivity index (χ0) is 20.2. The van der Waals surface area contributed by atoms with Gasteiger partial charge in [-0.25, -0.2) is 8.78 Å². The lowest BCUT2D eigenvalue weighted by Crippen LogP contribution is -2.30. The summed E-state index contributed by atoms with van der Waals surface area (Å²) in [4.78, 5) is 12.7. The lowest BCUT2D eigenvalue weighted by atomic mass is 10.1. The molecule has 7 heteroatoms. The highest BCUT2D eigenvalue weighted by molar-refractivity contribution is 5.94. The van der Waals surface area contributed by atoms with E-state index in [1.165, 1.54) is 36.4 Å². The summed E-state index contributed by atoms with van der Waals surface area (Å²) in [6.07, 6.45) is 0. The van der Waals surface area contributed by atoms with Gasteiger partial charge in [0.25, 0.3) is 5.91 Å². The van der Waals surface area contributed by atoms with Crippen molar-refractivity contribution in [3.8, 4) is 11.5 Å². The van der Waals surface area contributed by atoms with Crippen molar-refractivity contribution in [2.75, 3.05) is 0 Å². The van der Waals surface area contributed by atoms with Gasteiger partial charge in [-0.3, -0.25) is 4.79 Å². The number of hydrogen-bond donors (Lipinski definition) is 1. The molecule has 1 amide bonds. The van der Waals surface area contributed by atoms with E-state index in [1.54, 1.807) is 24.3 Å². The van der Waals surface area contributed by atoms with Gasteiger partial charge in [0.1, 0.15) is 17.7 Å². The quantitative estimate of drug-likeness (QED) is 0.543. The molecule has 1 heterocycles. The fourth-order valence-corrected chi connectivity index (χ4v) is 2.85. The number of benzene rings is 3. The summed E-state index contributed by atoms with van der Waals surface area (Å²) in [7, 11) is 0. The molecule has 0 aliphatic rings. The fourth-order valence-electron chi connectivity index (χ4n) is 2.85. The highest BCUT2D eigenvalue weighted by Crippen LogP contribution is 2.27. The third kappa shape index (κ3) is 4.03. The average Bonchev–Trinajstić information content (AvgIpc) is 3.24. The van der Waals surface area contributed by atoms with Crippen LogP contribution in [-0.4, -0.2) is 16.1 Å². The molecule has 4 aromatic rings. The van der Waals surface area contributed by atoms with E-state index in [1.807, 2.05) is 18.2 Å². The van der Waals surface area contributed by atoms with Gasteiger partial charge in [0.15, 0.2) is 0 Å². The maximum atomic E-state index is 14.5. The largest absolute Gasteiger partial charge is 0.418 e. The first kappa shape index (κ1) is 18.5. The van der Waals surface area contributed by atoms with E-state index in [4.69, 9.17) is 4.42 Å². The number of aromatic nitrogens is 2. The van der Waals surface area contributed by atoms with Crippen molar-refractivity contribution >= 4 is 5.91 Å². The molecule has 4 rings (SSSR count). The highest BCUT2D eigenvalue weighted by Gasteiger charge is 2.26. The molecule has 0 aliphatic carbocycles. The third-order valence-corrected chi connectivity index (χ3v) is 4.31. The minimum atomic E-state index is -1.02. The highest BCUT2D eigenvalue weighted by atomic mass is 19.1. The lowest BCUT2D eigenvalue weighted by Gasteiger charge is -2.16. The summed E-state index contributed by atoms with van der Waals surface area (Å²) in [6, 6.07) is 19.1. The van der Waals surface area contributed by atoms with Crippen molar-refractivity contribution in [2.45, 2.75) is 6.04 Å². The lowest BCUT2D eigenvalue weighted by molar-refractivity contribution is 0.0937. The Bertz CT molecular complexity index is 1130. The van der Waals surface area contributed by atoms with Crippen LogP contribution in [0.1, 0.15) is 27.9 Å². The molecule has 0 bridgehead atoms. The van der Waals surface area contributed by atoms with Gasteiger partial charge in [-0.15, -0.1) is 10.2 Å². The van der Waals surface area contributed by atoms with Gasteiger partial charge in [-0.2, -0.15) is 0 Å². The molecule has 0 saturated carbocycles. The molecule has 0 spiro atoms. The van der Waals surface area contributed by atoms with Gasteiger partial charge in [0.2, 0.25) is 11.8 Å². The molecule has 144 valence electrons. The van der Waals surface area contributed by atoms with Crippen molar-refractivity contribution in [1.82, 2.24) is 15.5 Å². The van der Waals surface area contributed by atoms with Crippen molar-refractivity contribution in [3.05, 3.63) is 108 Å². The maximum absolute atomic E-state index is 14.5. The van der Waals surface area contributed by atoms with E-state index in [-0.39, 0.29) is 22.9 Å². The van der Waals surface area contributed by atoms with E-state index in [2.05, 4.69) is 15.5 Å². The Morgan fingerprint density at radius 1 is 0.862 bits per heavy atom. The van der Waals surface area contributed by atoms with Gasteiger partial charge in [-0.05, 0) is 42.5 Å². The molecular formula is C22H15F2N3O2. The van der Waals surface area contributed by atoms with Crippen LogP contribution in [0.25, 0.3) is 11.5 Å². The van der Waals surface area contributed by atoms with E-state index in [0.29, 0.717) is 5.56 Å². The number of nitrogens with one attached hydrogen (secondary N) is 1. The average molecular weight is 391 g/mol. The molecule has 3 aromatic carbocycles. The van der Waals surface area contributed by atoms with E-state index >= 15 is 0 Å². The fraction of sp³-hybridized carbons (Fsp3) is 0.0455. The van der Waals surface area contributed by atoms with Crippen LogP contribution in [0, 0.1) is 11.6 Å². The van der Waals surface area contributed by atoms with Crippen LogP contribution in [0.3, 0.4) is 0 Å². The summed E-state index contributed by atoms with van der Waals surface area (Å²) in [5, 5.41) is 10.7. The van der Waals surface area contributed by atoms with Gasteiger partial charge >= 0.3 is 0 Å². The van der Waals surface area contributed by atoms with Crippen LogP contribution in [0.2, 0.25) is 0 Å². The van der Waals surface area contributed by atoms with Gasteiger partial charge in [0.05, 0.1) is 0 Å². The second kappa shape index (κ2) is 8.02. The predicted octanol–water partition coefficient (Wildman–Crippen LogP) is 4.53. The minimum Gasteiger partial charge on any atom is -0.418 e. The normalized spacial score (nSPS) is 11.8. The summed E-state index contributed by atoms with van der Waals surface area (Å²) in [5.74, 6) is -1.24. The first-order valence-corrected chi connectivity index (χ1v) is 8.81. The number of amides is 1. The summed E-state index contributed by atoms with van der Waals surface area (Å²) >= 11 is 0. The Hall–Kier alpha value is -3.87. The molecule has 0 aliphatic heterocycles. The Balaban J connectivity index is 1.70. The molecule has 0 radical (unpaired) electrons. The van der Waals surface area contributed by atoms with Crippen LogP contribution in [0.4, 0.5) is 8.78 Å². The molecule has 29 heavy (non-hydrogen) atoms. The van der Waals surface area contributed by atoms with Crippen molar-refractivity contribution in [3.63, 3.8) is 0 Å². The van der Waals surface area contributed by atoms with Crippen LogP contribution >= 0.6 is 0 Å². The second-order valence-electron chi connectivity index (χ2n) is 6.25. The smallest absolute Gasteiger partial charge is 0.252 e. The van der Waals surface area contributed by atoms with Crippen molar-refractivity contribution in [1.29, 1.82) is 0 Å². The zero-order valence-electron chi connectivity index (χ0n) is 15.0. The molecule has 0 saturated heterocycles. The number of carbonyl (C=O) groups excluding carboxylic acids is 1. The van der Waals surface area contributed by atoms with Gasteiger partial charge in [-0.1, -0.05) is 36.4 Å². The first-order valence-electron chi connectivity index (χ1n) is 8.81. The predicted molar refractivity (Wildman–Crippen MR) is 102 cm³/mol. The Kier molecular flexibility index (Phi) is 5.11. The molecule has 1 atom stereocenters. The minimum absolute atomic E-state index is 0.0319. The van der Waals surface area contributed by atoms with E-state index in [0.717, 1.165) is 0 Å².